The molecule has 0 amide bonds. The molecule has 9 heavy (non-hydrogen) atoms. The van der Waals surface area contributed by atoms with Crippen LogP contribution in [0.1, 0.15) is 0 Å². The number of hydrogen-bond acceptors (Lipinski definition) is 2. The van der Waals surface area contributed by atoms with Gasteiger partial charge in [-0.25, -0.2) is 0 Å². The Balaban J connectivity index is 2.54. The van der Waals surface area contributed by atoms with Gasteiger partial charge in [-0.15, -0.1) is 0 Å². The van der Waals surface area contributed by atoms with Gasteiger partial charge in [0, 0.05) is 0 Å². The molecule has 0 saturated heterocycles. The van der Waals surface area contributed by atoms with Gasteiger partial charge in [-0.2, -0.15) is 0 Å². The van der Waals surface area contributed by atoms with E-state index in [1.165, 1.54) is 11.4 Å². The zero-order valence-electron chi connectivity index (χ0n) is 4.72. The Hall–Kier alpha value is -0.661. The molecule has 0 unspecified atom stereocenters. The molecule has 0 aromatic heterocycles. The Morgan fingerprint density at radius 1 is 1.00 bits per heavy atom. The van der Waals surface area contributed by atoms with E-state index in [1.807, 2.05) is 12.1 Å². The molecule has 0 fully saturated rings. The van der Waals surface area contributed by atoms with Gasteiger partial charge in [-0.05, 0) is 0 Å². The van der Waals surface area contributed by atoms with E-state index < -0.39 is 0 Å². The number of nitrogens with one attached hydrogen (secondary N) is 2. The van der Waals surface area contributed by atoms with Crippen molar-refractivity contribution in [2.24, 2.45) is 0 Å². The SMILES string of the molecule is c1ccc2c(c1)N[Se]N2. The molecule has 3 heteroatoms. The molecule has 1 aromatic rings. The third kappa shape index (κ3) is 0.784. The molecule has 0 aliphatic carbocycles. The van der Waals surface area contributed by atoms with Crippen molar-refractivity contribution in [3.05, 3.63) is 24.3 Å². The Kier molecular flexibility index (Phi) is 1.11. The Morgan fingerprint density at radius 3 is 2.11 bits per heavy atom. The summed E-state index contributed by atoms with van der Waals surface area (Å²) in [4.78, 5) is 0. The van der Waals surface area contributed by atoms with E-state index in [1.54, 1.807) is 0 Å². The summed E-state index contributed by atoms with van der Waals surface area (Å²) in [5, 5.41) is 0. The van der Waals surface area contributed by atoms with E-state index in [4.69, 9.17) is 0 Å². The first-order valence-electron chi connectivity index (χ1n) is 2.74. The number of benzene rings is 1. The average molecular weight is 185 g/mol. The molecule has 1 heterocycles. The third-order valence-corrected chi connectivity index (χ3v) is 2.60. The van der Waals surface area contributed by atoms with E-state index >= 15 is 0 Å². The van der Waals surface area contributed by atoms with Crippen LogP contribution in [0.3, 0.4) is 0 Å². The fourth-order valence-electron chi connectivity index (χ4n) is 0.797. The van der Waals surface area contributed by atoms with Gasteiger partial charge in [0.05, 0.1) is 0 Å². The van der Waals surface area contributed by atoms with E-state index in [-0.39, 0.29) is 0 Å². The summed E-state index contributed by atoms with van der Waals surface area (Å²) in [7, 11) is 0. The monoisotopic (exact) mass is 186 g/mol. The van der Waals surface area contributed by atoms with Crippen molar-refractivity contribution in [3.8, 4) is 0 Å². The number of anilines is 2. The van der Waals surface area contributed by atoms with Crippen LogP contribution in [0.2, 0.25) is 0 Å². The standard InChI is InChI=1S/C6H6N2Se/c1-2-4-6-5(3-1)7-9-8-6/h1-4,7-8H. The second-order valence-corrected chi connectivity index (χ2v) is 3.14. The van der Waals surface area contributed by atoms with Gasteiger partial charge in [0.2, 0.25) is 0 Å². The molecule has 0 atom stereocenters. The topological polar surface area (TPSA) is 24.1 Å². The summed E-state index contributed by atoms with van der Waals surface area (Å²) in [6.45, 7) is 0. The van der Waals surface area contributed by atoms with E-state index in [9.17, 15) is 0 Å². The number of hydrogen-bond donors (Lipinski definition) is 2. The third-order valence-electron chi connectivity index (χ3n) is 1.25. The first-order chi connectivity index (χ1) is 4.47. The normalized spacial score (nSPS) is 13.8. The molecule has 46 valence electrons. The van der Waals surface area contributed by atoms with Gasteiger partial charge in [-0.3, -0.25) is 0 Å². The van der Waals surface area contributed by atoms with Crippen LogP contribution in [0.5, 0.6) is 0 Å². The molecule has 0 radical (unpaired) electrons. The summed E-state index contributed by atoms with van der Waals surface area (Å²) in [6.07, 6.45) is 0. The minimum absolute atomic E-state index is 0.379. The molecule has 2 rings (SSSR count). The molecule has 0 bridgehead atoms. The summed E-state index contributed by atoms with van der Waals surface area (Å²) in [5.41, 5.74) is 2.47. The summed E-state index contributed by atoms with van der Waals surface area (Å²) in [6, 6.07) is 8.23. The van der Waals surface area contributed by atoms with Crippen molar-refractivity contribution in [1.82, 2.24) is 0 Å². The number of fused-ring (bicyclic) bond motifs is 1. The Morgan fingerprint density at radius 2 is 1.56 bits per heavy atom. The van der Waals surface area contributed by atoms with E-state index in [0.29, 0.717) is 15.4 Å². The van der Waals surface area contributed by atoms with Crippen LogP contribution in [-0.2, 0) is 0 Å². The molecule has 2 N–H and O–H groups in total. The minimum atomic E-state index is 0.379. The van der Waals surface area contributed by atoms with Gasteiger partial charge in [0.25, 0.3) is 0 Å². The molecule has 1 aliphatic rings. The summed E-state index contributed by atoms with van der Waals surface area (Å²) >= 11 is 0.379. The van der Waals surface area contributed by atoms with Gasteiger partial charge in [-0.1, -0.05) is 0 Å². The zero-order valence-corrected chi connectivity index (χ0v) is 6.43. The average Bonchev–Trinajstić information content (AvgIpc) is 2.33. The van der Waals surface area contributed by atoms with Crippen molar-refractivity contribution in [3.63, 3.8) is 0 Å². The Bertz CT molecular complexity index is 201. The second-order valence-electron chi connectivity index (χ2n) is 1.85. The zero-order chi connectivity index (χ0) is 6.10. The predicted molar refractivity (Wildman–Crippen MR) is 39.4 cm³/mol. The molecule has 2 nitrogen and oxygen atoms in total. The molecule has 1 aliphatic heterocycles. The molecule has 1 aromatic carbocycles. The Labute approximate surface area is 60.2 Å². The number of para-hydroxylation sites is 2. The quantitative estimate of drug-likeness (QED) is 0.590. The van der Waals surface area contributed by atoms with Gasteiger partial charge < -0.3 is 0 Å². The van der Waals surface area contributed by atoms with Crippen LogP contribution in [0.15, 0.2) is 24.3 Å². The first-order valence-corrected chi connectivity index (χ1v) is 4.45. The van der Waals surface area contributed by atoms with Crippen LogP contribution in [0, 0.1) is 0 Å². The first kappa shape index (κ1) is 5.15. The second kappa shape index (κ2) is 1.94. The maximum absolute atomic E-state index is 3.25. The fraction of sp³-hybridized carbons (Fsp3) is 0. The van der Waals surface area contributed by atoms with E-state index in [0.717, 1.165) is 0 Å². The fourth-order valence-corrected chi connectivity index (χ4v) is 2.11. The summed E-state index contributed by atoms with van der Waals surface area (Å²) in [5.74, 6) is 0. The molecule has 0 saturated carbocycles. The summed E-state index contributed by atoms with van der Waals surface area (Å²) < 4.78 is 6.50. The van der Waals surface area contributed by atoms with Crippen LogP contribution >= 0.6 is 0 Å². The van der Waals surface area contributed by atoms with E-state index in [2.05, 4.69) is 20.8 Å². The van der Waals surface area contributed by atoms with Crippen molar-refractivity contribution in [2.75, 3.05) is 8.67 Å². The van der Waals surface area contributed by atoms with Crippen LogP contribution in [0.25, 0.3) is 0 Å². The van der Waals surface area contributed by atoms with Crippen molar-refractivity contribution in [1.29, 1.82) is 0 Å². The number of rotatable bonds is 0. The molecule has 0 spiro atoms. The van der Waals surface area contributed by atoms with Crippen molar-refractivity contribution >= 4 is 26.8 Å². The molecular formula is C6H6N2Se. The predicted octanol–water partition coefficient (Wildman–Crippen LogP) is 1.06. The van der Waals surface area contributed by atoms with Crippen LogP contribution in [0.4, 0.5) is 11.4 Å². The van der Waals surface area contributed by atoms with Gasteiger partial charge in [0.1, 0.15) is 0 Å². The molecular weight excluding hydrogens is 179 g/mol. The van der Waals surface area contributed by atoms with Crippen LogP contribution in [-0.4, -0.2) is 15.4 Å². The van der Waals surface area contributed by atoms with Crippen molar-refractivity contribution < 1.29 is 0 Å². The van der Waals surface area contributed by atoms with Crippen molar-refractivity contribution in [2.45, 2.75) is 0 Å². The van der Waals surface area contributed by atoms with Gasteiger partial charge >= 0.3 is 59.7 Å². The van der Waals surface area contributed by atoms with Crippen LogP contribution < -0.4 is 8.67 Å². The van der Waals surface area contributed by atoms with Gasteiger partial charge in [0.15, 0.2) is 0 Å². The maximum atomic E-state index is 3.25.